The zero-order valence-corrected chi connectivity index (χ0v) is 11.2. The minimum absolute atomic E-state index is 0.0365. The van der Waals surface area contributed by atoms with Crippen LogP contribution in [0.5, 0.6) is 0 Å². The van der Waals surface area contributed by atoms with E-state index in [0.717, 1.165) is 0 Å². The zero-order valence-electron chi connectivity index (χ0n) is 11.2. The van der Waals surface area contributed by atoms with Crippen LogP contribution in [-0.4, -0.2) is 38.1 Å². The lowest BCUT2D eigenvalue weighted by Crippen LogP contribution is -2.23. The largest absolute Gasteiger partial charge is 0.477 e. The maximum atomic E-state index is 11.9. The van der Waals surface area contributed by atoms with E-state index in [-0.39, 0.29) is 18.1 Å². The zero-order chi connectivity index (χ0) is 15.2. The maximum absolute atomic E-state index is 11.9. The lowest BCUT2D eigenvalue weighted by molar-refractivity contribution is 0.0690. The molecule has 2 aromatic heterocycles. The first-order valence-electron chi connectivity index (χ1n) is 6.28. The molecule has 8 heteroatoms. The van der Waals surface area contributed by atoms with Crippen molar-refractivity contribution < 1.29 is 14.7 Å². The highest BCUT2D eigenvalue weighted by Crippen LogP contribution is 2.01. The summed E-state index contributed by atoms with van der Waals surface area (Å²) in [7, 11) is 0. The molecule has 8 nitrogen and oxygen atoms in total. The second-order valence-corrected chi connectivity index (χ2v) is 4.32. The van der Waals surface area contributed by atoms with E-state index in [1.807, 2.05) is 0 Å². The van der Waals surface area contributed by atoms with E-state index in [0.29, 0.717) is 24.3 Å². The van der Waals surface area contributed by atoms with Gasteiger partial charge in [-0.15, -0.1) is 0 Å². The van der Waals surface area contributed by atoms with Gasteiger partial charge in [0.05, 0.1) is 6.33 Å². The van der Waals surface area contributed by atoms with Crippen LogP contribution in [0.2, 0.25) is 0 Å². The Morgan fingerprint density at radius 2 is 2.10 bits per heavy atom. The first kappa shape index (κ1) is 14.7. The van der Waals surface area contributed by atoms with Crippen LogP contribution in [-0.2, 0) is 13.1 Å². The number of carboxylic acid groups (broad SMARTS) is 1. The van der Waals surface area contributed by atoms with Gasteiger partial charge in [0.1, 0.15) is 11.4 Å². The number of carboxylic acids is 1. The Morgan fingerprint density at radius 1 is 1.29 bits per heavy atom. The molecule has 0 atom stereocenters. The van der Waals surface area contributed by atoms with Crippen molar-refractivity contribution >= 4 is 11.9 Å². The Kier molecular flexibility index (Phi) is 4.62. The number of hydrogen-bond acceptors (Lipinski definition) is 5. The predicted octanol–water partition coefficient (Wildman–Crippen LogP) is -0.135. The third-order valence-corrected chi connectivity index (χ3v) is 2.75. The first-order valence-corrected chi connectivity index (χ1v) is 6.28. The molecule has 0 aliphatic rings. The number of nitrogens with one attached hydrogen (secondary N) is 1. The highest BCUT2D eigenvalue weighted by Gasteiger charge is 2.09. The Labute approximate surface area is 120 Å². The molecule has 0 saturated carbocycles. The molecule has 21 heavy (non-hydrogen) atoms. The van der Waals surface area contributed by atoms with E-state index in [2.05, 4.69) is 15.3 Å². The molecule has 110 valence electrons. The smallest absolute Gasteiger partial charge is 0.354 e. The summed E-state index contributed by atoms with van der Waals surface area (Å²) in [5.41, 5.74) is 6.39. The van der Waals surface area contributed by atoms with Crippen molar-refractivity contribution in [3.8, 4) is 0 Å². The van der Waals surface area contributed by atoms with Crippen molar-refractivity contribution in [3.05, 3.63) is 47.8 Å². The Hall–Kier alpha value is -2.74. The van der Waals surface area contributed by atoms with Crippen molar-refractivity contribution in [3.63, 3.8) is 0 Å². The highest BCUT2D eigenvalue weighted by atomic mass is 16.4. The summed E-state index contributed by atoms with van der Waals surface area (Å²) in [6.45, 7) is 1.31. The molecule has 0 aliphatic heterocycles. The third kappa shape index (κ3) is 3.86. The van der Waals surface area contributed by atoms with Gasteiger partial charge in [0.15, 0.2) is 0 Å². The van der Waals surface area contributed by atoms with Gasteiger partial charge < -0.3 is 20.7 Å². The van der Waals surface area contributed by atoms with Crippen molar-refractivity contribution in [2.45, 2.75) is 13.1 Å². The second kappa shape index (κ2) is 6.62. The minimum atomic E-state index is -1.09. The number of nitrogens with zero attached hydrogens (tertiary/aromatic N) is 3. The summed E-state index contributed by atoms with van der Waals surface area (Å²) in [6, 6.07) is 2.99. The molecule has 2 heterocycles. The average molecular weight is 289 g/mol. The molecule has 2 aromatic rings. The van der Waals surface area contributed by atoms with Crippen LogP contribution in [0, 0.1) is 0 Å². The summed E-state index contributed by atoms with van der Waals surface area (Å²) >= 11 is 0. The number of pyridine rings is 1. The van der Waals surface area contributed by atoms with Gasteiger partial charge in [-0.25, -0.2) is 14.8 Å². The molecule has 0 spiro atoms. The first-order chi connectivity index (χ1) is 10.1. The summed E-state index contributed by atoms with van der Waals surface area (Å²) in [6.07, 6.45) is 4.58. The summed E-state index contributed by atoms with van der Waals surface area (Å²) < 4.78 is 1.73. The van der Waals surface area contributed by atoms with Gasteiger partial charge in [0.2, 0.25) is 0 Å². The van der Waals surface area contributed by atoms with Crippen molar-refractivity contribution in [2.75, 3.05) is 6.54 Å². The number of carbonyl (C=O) groups excluding carboxylic acids is 1. The quantitative estimate of drug-likeness (QED) is 0.680. The summed E-state index contributed by atoms with van der Waals surface area (Å²) in [5, 5.41) is 11.4. The number of nitrogens with two attached hydrogens (primary N) is 1. The van der Waals surface area contributed by atoms with E-state index < -0.39 is 5.97 Å². The van der Waals surface area contributed by atoms with Gasteiger partial charge in [-0.3, -0.25) is 4.79 Å². The molecular weight excluding hydrogens is 274 g/mol. The normalized spacial score (nSPS) is 10.3. The van der Waals surface area contributed by atoms with Crippen LogP contribution < -0.4 is 11.1 Å². The number of amides is 1. The molecule has 0 aliphatic carbocycles. The standard InChI is InChI=1S/C13H15N5O3/c14-3-4-18-7-11(17-8-18)12(19)16-6-9-1-2-10(13(20)21)15-5-9/h1-2,5,7-8H,3-4,6,14H2,(H,16,19)(H,20,21). The van der Waals surface area contributed by atoms with Crippen LogP contribution in [0.1, 0.15) is 26.5 Å². The van der Waals surface area contributed by atoms with Crippen molar-refractivity contribution in [1.82, 2.24) is 19.9 Å². The fraction of sp³-hybridized carbons (Fsp3) is 0.231. The molecule has 0 fully saturated rings. The van der Waals surface area contributed by atoms with Gasteiger partial charge in [0.25, 0.3) is 5.91 Å². The molecular formula is C13H15N5O3. The van der Waals surface area contributed by atoms with Crippen LogP contribution in [0.15, 0.2) is 30.9 Å². The van der Waals surface area contributed by atoms with E-state index in [4.69, 9.17) is 10.8 Å². The van der Waals surface area contributed by atoms with E-state index in [1.165, 1.54) is 12.3 Å². The predicted molar refractivity (Wildman–Crippen MR) is 73.6 cm³/mol. The third-order valence-electron chi connectivity index (χ3n) is 2.75. The van der Waals surface area contributed by atoms with E-state index in [1.54, 1.807) is 23.2 Å². The number of rotatable bonds is 6. The topological polar surface area (TPSA) is 123 Å². The molecule has 0 aromatic carbocycles. The fourth-order valence-corrected chi connectivity index (χ4v) is 1.68. The second-order valence-electron chi connectivity index (χ2n) is 4.32. The highest BCUT2D eigenvalue weighted by molar-refractivity contribution is 5.92. The molecule has 0 saturated heterocycles. The maximum Gasteiger partial charge on any atom is 0.354 e. The average Bonchev–Trinajstić information content (AvgIpc) is 2.94. The number of aromatic nitrogens is 3. The van der Waals surface area contributed by atoms with Crippen LogP contribution >= 0.6 is 0 Å². The van der Waals surface area contributed by atoms with Gasteiger partial charge in [0, 0.05) is 32.0 Å². The number of carbonyl (C=O) groups is 2. The van der Waals surface area contributed by atoms with Gasteiger partial charge in [-0.2, -0.15) is 0 Å². The van der Waals surface area contributed by atoms with Crippen molar-refractivity contribution in [1.29, 1.82) is 0 Å². The van der Waals surface area contributed by atoms with Gasteiger partial charge >= 0.3 is 5.97 Å². The molecule has 4 N–H and O–H groups in total. The van der Waals surface area contributed by atoms with Crippen molar-refractivity contribution in [2.24, 2.45) is 5.73 Å². The van der Waals surface area contributed by atoms with E-state index in [9.17, 15) is 9.59 Å². The SMILES string of the molecule is NCCn1cnc(C(=O)NCc2ccc(C(=O)O)nc2)c1. The molecule has 0 unspecified atom stereocenters. The van der Waals surface area contributed by atoms with Gasteiger partial charge in [-0.05, 0) is 11.6 Å². The molecule has 2 rings (SSSR count). The number of aromatic carboxylic acids is 1. The Morgan fingerprint density at radius 3 is 2.71 bits per heavy atom. The Bertz CT molecular complexity index is 636. The monoisotopic (exact) mass is 289 g/mol. The van der Waals surface area contributed by atoms with Gasteiger partial charge in [-0.1, -0.05) is 6.07 Å². The summed E-state index contributed by atoms with van der Waals surface area (Å²) in [4.78, 5) is 30.3. The van der Waals surface area contributed by atoms with Crippen LogP contribution in [0.3, 0.4) is 0 Å². The number of hydrogen-bond donors (Lipinski definition) is 3. The molecule has 1 amide bonds. The van der Waals surface area contributed by atoms with Crippen LogP contribution in [0.4, 0.5) is 0 Å². The molecule has 0 bridgehead atoms. The lowest BCUT2D eigenvalue weighted by atomic mass is 10.2. The fourth-order valence-electron chi connectivity index (χ4n) is 1.68. The van der Waals surface area contributed by atoms with E-state index >= 15 is 0 Å². The Balaban J connectivity index is 1.92. The van der Waals surface area contributed by atoms with Crippen LogP contribution in [0.25, 0.3) is 0 Å². The summed E-state index contributed by atoms with van der Waals surface area (Å²) in [5.74, 6) is -1.40. The minimum Gasteiger partial charge on any atom is -0.477 e. The molecule has 0 radical (unpaired) electrons. The number of imidazole rings is 1. The lowest BCUT2D eigenvalue weighted by Gasteiger charge is -2.03.